The van der Waals surface area contributed by atoms with E-state index in [1.165, 1.54) is 0 Å². The molecule has 2 aliphatic rings. The van der Waals surface area contributed by atoms with Crippen molar-refractivity contribution < 1.29 is 18.9 Å². The van der Waals surface area contributed by atoms with E-state index in [9.17, 15) is 0 Å². The van der Waals surface area contributed by atoms with Gasteiger partial charge in [-0.3, -0.25) is 0 Å². The van der Waals surface area contributed by atoms with Gasteiger partial charge in [0.05, 0.1) is 20.3 Å². The van der Waals surface area contributed by atoms with Gasteiger partial charge >= 0.3 is 0 Å². The molecule has 2 saturated heterocycles. The summed E-state index contributed by atoms with van der Waals surface area (Å²) in [4.78, 5) is 13.5. The number of anilines is 2. The highest BCUT2D eigenvalue weighted by Crippen LogP contribution is 2.29. The number of methoxy groups -OCH3 is 1. The third-order valence-corrected chi connectivity index (χ3v) is 5.60. The first-order valence-corrected chi connectivity index (χ1v) is 10.3. The highest BCUT2D eigenvalue weighted by Gasteiger charge is 2.39. The van der Waals surface area contributed by atoms with Crippen LogP contribution in [0.5, 0.6) is 11.5 Å². The number of ether oxygens (including phenoxy) is 4. The van der Waals surface area contributed by atoms with Gasteiger partial charge in [0, 0.05) is 44.5 Å². The van der Waals surface area contributed by atoms with Crippen LogP contribution in [0.1, 0.15) is 11.3 Å². The Kier molecular flexibility index (Phi) is 5.97. The zero-order valence-corrected chi connectivity index (χ0v) is 18.3. The van der Waals surface area contributed by atoms with Crippen LogP contribution in [0.3, 0.4) is 0 Å². The maximum Gasteiger partial charge on any atom is 0.227 e. The van der Waals surface area contributed by atoms with Crippen molar-refractivity contribution in [1.29, 1.82) is 0 Å². The van der Waals surface area contributed by atoms with Crippen LogP contribution in [0.4, 0.5) is 11.8 Å². The minimum Gasteiger partial charge on any atom is -0.497 e. The molecule has 0 aliphatic carbocycles. The Morgan fingerprint density at radius 1 is 1.03 bits per heavy atom. The molecule has 0 bridgehead atoms. The average Bonchev–Trinajstić information content (AvgIpc) is 3.05. The monoisotopic (exact) mass is 414 g/mol. The zero-order chi connectivity index (χ0) is 21.3. The standard InChI is InChI=1S/C22H30N4O4/c1-14-15(2)23-22(25(3)4)24-21(14)26-10-19-20(11-26)29-13-18(12-28-19)30-17-8-6-7-16(9-17)27-5/h6-9,18-20H,10-13H2,1-5H3/t19-,20-/m0/s1. The van der Waals surface area contributed by atoms with Crippen molar-refractivity contribution in [1.82, 2.24) is 9.97 Å². The first-order valence-electron chi connectivity index (χ1n) is 10.3. The molecular formula is C22H30N4O4. The van der Waals surface area contributed by atoms with Gasteiger partial charge in [0.1, 0.15) is 35.6 Å². The Hall–Kier alpha value is -2.58. The molecule has 4 rings (SSSR count). The Morgan fingerprint density at radius 2 is 1.70 bits per heavy atom. The Bertz CT molecular complexity index is 875. The lowest BCUT2D eigenvalue weighted by Gasteiger charge is -2.23. The zero-order valence-electron chi connectivity index (χ0n) is 18.3. The summed E-state index contributed by atoms with van der Waals surface area (Å²) in [6.07, 6.45) is -0.178. The van der Waals surface area contributed by atoms with Crippen molar-refractivity contribution in [3.05, 3.63) is 35.5 Å². The van der Waals surface area contributed by atoms with E-state index in [1.807, 2.05) is 50.2 Å². The van der Waals surface area contributed by atoms with Gasteiger partial charge in [0.2, 0.25) is 5.95 Å². The van der Waals surface area contributed by atoms with E-state index < -0.39 is 0 Å². The van der Waals surface area contributed by atoms with Crippen LogP contribution in [0.15, 0.2) is 24.3 Å². The summed E-state index contributed by atoms with van der Waals surface area (Å²) in [5, 5.41) is 0. The molecule has 0 radical (unpaired) electrons. The SMILES string of the molecule is COc1cccc(OC2CO[C@H]3CN(c4nc(N(C)C)nc(C)c4C)C[C@@H]3OC2)c1. The van der Waals surface area contributed by atoms with Gasteiger partial charge in [0.25, 0.3) is 0 Å². The van der Waals surface area contributed by atoms with Gasteiger partial charge in [-0.25, -0.2) is 4.98 Å². The van der Waals surface area contributed by atoms with Crippen molar-refractivity contribution in [2.24, 2.45) is 0 Å². The molecule has 1 aromatic heterocycles. The molecule has 0 amide bonds. The van der Waals surface area contributed by atoms with E-state index in [4.69, 9.17) is 23.9 Å². The molecule has 0 N–H and O–H groups in total. The number of aromatic nitrogens is 2. The second-order valence-corrected chi connectivity index (χ2v) is 8.02. The summed E-state index contributed by atoms with van der Waals surface area (Å²) in [6, 6.07) is 7.59. The summed E-state index contributed by atoms with van der Waals surface area (Å²) < 4.78 is 23.7. The van der Waals surface area contributed by atoms with Crippen LogP contribution in [0.25, 0.3) is 0 Å². The van der Waals surface area contributed by atoms with Gasteiger partial charge in [0.15, 0.2) is 0 Å². The van der Waals surface area contributed by atoms with E-state index in [1.54, 1.807) is 7.11 Å². The first-order chi connectivity index (χ1) is 14.4. The van der Waals surface area contributed by atoms with Gasteiger partial charge in [-0.1, -0.05) is 6.07 Å². The van der Waals surface area contributed by atoms with E-state index in [2.05, 4.69) is 16.8 Å². The van der Waals surface area contributed by atoms with Gasteiger partial charge in [-0.2, -0.15) is 4.98 Å². The number of benzene rings is 1. The summed E-state index contributed by atoms with van der Waals surface area (Å²) in [5.74, 6) is 3.19. The predicted molar refractivity (Wildman–Crippen MR) is 115 cm³/mol. The molecule has 2 aromatic rings. The minimum absolute atomic E-state index is 0.0126. The highest BCUT2D eigenvalue weighted by atomic mass is 16.6. The van der Waals surface area contributed by atoms with Crippen LogP contribution in [-0.2, 0) is 9.47 Å². The lowest BCUT2D eigenvalue weighted by atomic mass is 10.2. The minimum atomic E-state index is -0.153. The number of nitrogens with zero attached hydrogens (tertiary/aromatic N) is 4. The summed E-state index contributed by atoms with van der Waals surface area (Å²) in [6.45, 7) is 6.53. The van der Waals surface area contributed by atoms with Crippen LogP contribution in [0, 0.1) is 13.8 Å². The van der Waals surface area contributed by atoms with Gasteiger partial charge in [-0.05, 0) is 26.0 Å². The summed E-state index contributed by atoms with van der Waals surface area (Å²) in [7, 11) is 5.55. The molecule has 1 aromatic carbocycles. The second-order valence-electron chi connectivity index (χ2n) is 8.02. The van der Waals surface area contributed by atoms with Crippen molar-refractivity contribution in [2.45, 2.75) is 32.2 Å². The number of rotatable bonds is 5. The maximum atomic E-state index is 6.19. The molecule has 8 nitrogen and oxygen atoms in total. The third-order valence-electron chi connectivity index (χ3n) is 5.60. The Balaban J connectivity index is 1.41. The highest BCUT2D eigenvalue weighted by molar-refractivity contribution is 5.53. The van der Waals surface area contributed by atoms with Crippen molar-refractivity contribution in [3.63, 3.8) is 0 Å². The fourth-order valence-corrected chi connectivity index (χ4v) is 3.79. The van der Waals surface area contributed by atoms with Gasteiger partial charge in [-0.15, -0.1) is 0 Å². The molecule has 30 heavy (non-hydrogen) atoms. The number of fused-ring (bicyclic) bond motifs is 1. The smallest absolute Gasteiger partial charge is 0.227 e. The molecular weight excluding hydrogens is 384 g/mol. The van der Waals surface area contributed by atoms with Crippen molar-refractivity contribution >= 4 is 11.8 Å². The molecule has 0 spiro atoms. The summed E-state index contributed by atoms with van der Waals surface area (Å²) >= 11 is 0. The van der Waals surface area contributed by atoms with Crippen LogP contribution in [-0.4, -0.2) is 75.8 Å². The van der Waals surface area contributed by atoms with E-state index in [0.29, 0.717) is 19.2 Å². The molecule has 162 valence electrons. The largest absolute Gasteiger partial charge is 0.497 e. The number of hydrogen-bond donors (Lipinski definition) is 0. The maximum absolute atomic E-state index is 6.19. The van der Waals surface area contributed by atoms with Crippen LogP contribution in [0.2, 0.25) is 0 Å². The second kappa shape index (κ2) is 8.65. The third kappa shape index (κ3) is 4.29. The van der Waals surface area contributed by atoms with E-state index >= 15 is 0 Å². The molecule has 8 heteroatoms. The van der Waals surface area contributed by atoms with Gasteiger partial charge < -0.3 is 28.7 Å². The molecule has 0 unspecified atom stereocenters. The quantitative estimate of drug-likeness (QED) is 0.738. The van der Waals surface area contributed by atoms with Crippen molar-refractivity contribution in [2.75, 3.05) is 57.3 Å². The number of hydrogen-bond acceptors (Lipinski definition) is 8. The summed E-state index contributed by atoms with van der Waals surface area (Å²) in [5.41, 5.74) is 2.08. The van der Waals surface area contributed by atoms with Crippen molar-refractivity contribution in [3.8, 4) is 11.5 Å². The van der Waals surface area contributed by atoms with E-state index in [0.717, 1.165) is 41.7 Å². The average molecular weight is 415 g/mol. The Labute approximate surface area is 177 Å². The fraction of sp³-hybridized carbons (Fsp3) is 0.545. The fourth-order valence-electron chi connectivity index (χ4n) is 3.79. The molecule has 2 atom stereocenters. The molecule has 2 fully saturated rings. The number of aryl methyl sites for hydroxylation is 1. The molecule has 2 aliphatic heterocycles. The molecule has 3 heterocycles. The normalized spacial score (nSPS) is 21.8. The molecule has 0 saturated carbocycles. The first kappa shape index (κ1) is 20.7. The van der Waals surface area contributed by atoms with E-state index in [-0.39, 0.29) is 18.3 Å². The van der Waals surface area contributed by atoms with Crippen LogP contribution < -0.4 is 19.3 Å². The topological polar surface area (TPSA) is 69.2 Å². The lowest BCUT2D eigenvalue weighted by molar-refractivity contribution is -0.00461. The lowest BCUT2D eigenvalue weighted by Crippen LogP contribution is -2.30. The Morgan fingerprint density at radius 3 is 2.33 bits per heavy atom. The predicted octanol–water partition coefficient (Wildman–Crippen LogP) is 2.22. The van der Waals surface area contributed by atoms with Crippen LogP contribution >= 0.6 is 0 Å².